The van der Waals surface area contributed by atoms with Crippen LogP contribution < -0.4 is 0 Å². The van der Waals surface area contributed by atoms with Crippen LogP contribution in [0.3, 0.4) is 0 Å². The number of hydrogen-bond acceptors (Lipinski definition) is 6. The van der Waals surface area contributed by atoms with Crippen molar-refractivity contribution >= 4 is 5.78 Å². The predicted octanol–water partition coefficient (Wildman–Crippen LogP) is 2.26. The molecule has 2 bridgehead atoms. The summed E-state index contributed by atoms with van der Waals surface area (Å²) in [5, 5.41) is 23.9. The van der Waals surface area contributed by atoms with E-state index in [1.54, 1.807) is 14.2 Å². The fourth-order valence-electron chi connectivity index (χ4n) is 7.55. The maximum Gasteiger partial charge on any atom is 0.174 e. The van der Waals surface area contributed by atoms with Crippen LogP contribution in [0.4, 0.5) is 0 Å². The summed E-state index contributed by atoms with van der Waals surface area (Å²) in [6, 6.07) is 0. The normalized spacial score (nSPS) is 51.5. The Labute approximate surface area is 173 Å². The Balaban J connectivity index is 2.01. The molecule has 2 saturated carbocycles. The van der Waals surface area contributed by atoms with Crippen molar-refractivity contribution in [2.75, 3.05) is 20.8 Å². The Morgan fingerprint density at radius 3 is 2.31 bits per heavy atom. The number of fused-ring (bicyclic) bond motifs is 5. The molecule has 6 heteroatoms. The van der Waals surface area contributed by atoms with E-state index in [0.717, 1.165) is 11.1 Å². The van der Waals surface area contributed by atoms with E-state index >= 15 is 0 Å². The zero-order valence-corrected chi connectivity index (χ0v) is 18.7. The fourth-order valence-corrected chi connectivity index (χ4v) is 7.55. The maximum atomic E-state index is 14.2. The first-order chi connectivity index (χ1) is 13.4. The molecule has 1 aliphatic heterocycles. The lowest BCUT2D eigenvalue weighted by atomic mass is 9.43. The number of allylic oxidation sites excluding steroid dienone is 1. The highest BCUT2D eigenvalue weighted by molar-refractivity contribution is 5.93. The summed E-state index contributed by atoms with van der Waals surface area (Å²) in [5.41, 5.74) is -1.91. The Kier molecular flexibility index (Phi) is 4.70. The van der Waals surface area contributed by atoms with Crippen molar-refractivity contribution in [3.05, 3.63) is 11.1 Å². The second-order valence-electron chi connectivity index (χ2n) is 10.5. The second kappa shape index (κ2) is 6.36. The topological polar surface area (TPSA) is 85.2 Å². The number of ketones is 1. The van der Waals surface area contributed by atoms with Gasteiger partial charge < -0.3 is 24.4 Å². The third-order valence-electron chi connectivity index (χ3n) is 9.26. The minimum atomic E-state index is -1.16. The van der Waals surface area contributed by atoms with Crippen LogP contribution in [0, 0.1) is 22.7 Å². The number of carbonyl (C=O) groups excluding carboxylic acids is 1. The largest absolute Gasteiger partial charge is 0.389 e. The number of methoxy groups -OCH3 is 2. The minimum absolute atomic E-state index is 0.0613. The van der Waals surface area contributed by atoms with E-state index in [9.17, 15) is 15.0 Å². The van der Waals surface area contributed by atoms with Gasteiger partial charge in [-0.1, -0.05) is 26.3 Å². The number of ether oxygens (including phenoxy) is 3. The number of Topliss-reactive ketones (excluding diaryl/α,β-unsaturated/α-hetero) is 1. The van der Waals surface area contributed by atoms with Crippen LogP contribution in [0.2, 0.25) is 0 Å². The van der Waals surface area contributed by atoms with Crippen molar-refractivity contribution in [3.63, 3.8) is 0 Å². The van der Waals surface area contributed by atoms with E-state index in [1.807, 2.05) is 34.6 Å². The van der Waals surface area contributed by atoms with E-state index < -0.39 is 40.2 Å². The van der Waals surface area contributed by atoms with E-state index in [-0.39, 0.29) is 24.4 Å². The van der Waals surface area contributed by atoms with Gasteiger partial charge in [-0.25, -0.2) is 0 Å². The zero-order valence-electron chi connectivity index (χ0n) is 18.7. The molecule has 0 amide bonds. The molecule has 0 aromatic carbocycles. The number of carbonyl (C=O) groups is 1. The lowest BCUT2D eigenvalue weighted by Crippen LogP contribution is -2.78. The van der Waals surface area contributed by atoms with Crippen molar-refractivity contribution in [3.8, 4) is 0 Å². The maximum absolute atomic E-state index is 14.2. The van der Waals surface area contributed by atoms with Gasteiger partial charge in [-0.05, 0) is 38.2 Å². The monoisotopic (exact) mass is 408 g/mol. The molecule has 8 atom stereocenters. The Hall–Kier alpha value is -0.790. The van der Waals surface area contributed by atoms with Crippen molar-refractivity contribution in [1.29, 1.82) is 0 Å². The second-order valence-corrected chi connectivity index (χ2v) is 10.5. The fraction of sp³-hybridized carbons (Fsp3) is 0.870. The van der Waals surface area contributed by atoms with Crippen molar-refractivity contribution in [2.45, 2.75) is 83.4 Å². The van der Waals surface area contributed by atoms with Gasteiger partial charge in [-0.2, -0.15) is 0 Å². The Morgan fingerprint density at radius 1 is 1.14 bits per heavy atom. The molecule has 3 aliphatic carbocycles. The third kappa shape index (κ3) is 2.33. The van der Waals surface area contributed by atoms with Crippen molar-refractivity contribution < 1.29 is 29.2 Å². The minimum Gasteiger partial charge on any atom is -0.389 e. The van der Waals surface area contributed by atoms with Gasteiger partial charge in [0.25, 0.3) is 0 Å². The molecular formula is C23H36O6. The average molecular weight is 409 g/mol. The van der Waals surface area contributed by atoms with Gasteiger partial charge in [0.05, 0.1) is 29.8 Å². The molecule has 2 N–H and O–H groups in total. The first kappa shape index (κ1) is 21.4. The van der Waals surface area contributed by atoms with Crippen LogP contribution in [-0.2, 0) is 19.0 Å². The highest BCUT2D eigenvalue weighted by Gasteiger charge is 2.73. The molecule has 6 nitrogen and oxygen atoms in total. The average Bonchev–Trinajstić information content (AvgIpc) is 2.65. The SMILES string of the molecule is COC1C(=O)[C@]2(C)C(OC)CC3OC[C@@]3(O)C2C(C)C2(O)CCC(C)=C1C2(C)C. The quantitative estimate of drug-likeness (QED) is 0.682. The van der Waals surface area contributed by atoms with Gasteiger partial charge in [0.15, 0.2) is 5.78 Å². The molecule has 0 aromatic heterocycles. The molecule has 0 aromatic rings. The van der Waals surface area contributed by atoms with Gasteiger partial charge in [0.1, 0.15) is 11.7 Å². The molecule has 4 aliphatic rings. The van der Waals surface area contributed by atoms with Crippen LogP contribution in [0.5, 0.6) is 0 Å². The van der Waals surface area contributed by atoms with Gasteiger partial charge >= 0.3 is 0 Å². The third-order valence-corrected chi connectivity index (χ3v) is 9.26. The van der Waals surface area contributed by atoms with E-state index in [1.165, 1.54) is 0 Å². The van der Waals surface area contributed by atoms with Crippen LogP contribution in [0.25, 0.3) is 0 Å². The Morgan fingerprint density at radius 2 is 1.79 bits per heavy atom. The van der Waals surface area contributed by atoms with Gasteiger partial charge in [0.2, 0.25) is 0 Å². The molecule has 29 heavy (non-hydrogen) atoms. The smallest absolute Gasteiger partial charge is 0.174 e. The van der Waals surface area contributed by atoms with Crippen molar-refractivity contribution in [2.24, 2.45) is 22.7 Å². The summed E-state index contributed by atoms with van der Waals surface area (Å²) in [6.45, 7) is 10.1. The van der Waals surface area contributed by atoms with Crippen molar-refractivity contribution in [1.82, 2.24) is 0 Å². The number of rotatable bonds is 2. The highest BCUT2D eigenvalue weighted by atomic mass is 16.6. The Bertz CT molecular complexity index is 758. The molecule has 164 valence electrons. The molecule has 1 heterocycles. The summed E-state index contributed by atoms with van der Waals surface area (Å²) >= 11 is 0. The van der Waals surface area contributed by atoms with Gasteiger partial charge in [-0.3, -0.25) is 4.79 Å². The summed E-state index contributed by atoms with van der Waals surface area (Å²) in [7, 11) is 3.17. The first-order valence-corrected chi connectivity index (χ1v) is 10.8. The summed E-state index contributed by atoms with van der Waals surface area (Å²) in [5.74, 6) is -0.891. The molecule has 6 unspecified atom stereocenters. The van der Waals surface area contributed by atoms with E-state index in [2.05, 4.69) is 0 Å². The van der Waals surface area contributed by atoms with Crippen LogP contribution in [0.15, 0.2) is 11.1 Å². The molecule has 4 rings (SSSR count). The molecule has 1 saturated heterocycles. The van der Waals surface area contributed by atoms with Gasteiger partial charge in [0, 0.05) is 32.0 Å². The van der Waals surface area contributed by atoms with Crippen LogP contribution in [0.1, 0.15) is 53.9 Å². The summed E-state index contributed by atoms with van der Waals surface area (Å²) in [6.07, 6.45) is 0.185. The molecule has 0 spiro atoms. The van der Waals surface area contributed by atoms with Gasteiger partial charge in [-0.15, -0.1) is 0 Å². The zero-order chi connectivity index (χ0) is 21.6. The standard InChI is InChI=1S/C23H36O6/c1-12-8-9-23(26)13(2)18-21(5,14(27-6)10-15-22(18,25)11-29-15)19(24)17(28-7)16(12)20(23,3)4/h13-15,17-18,25-26H,8-11H2,1-7H3/t13?,14?,15?,17?,18?,21-,22+,23?/m1/s1. The number of hydrogen-bond donors (Lipinski definition) is 2. The van der Waals surface area contributed by atoms with E-state index in [0.29, 0.717) is 19.3 Å². The first-order valence-electron chi connectivity index (χ1n) is 10.8. The lowest BCUT2D eigenvalue weighted by molar-refractivity contribution is -0.336. The predicted molar refractivity (Wildman–Crippen MR) is 107 cm³/mol. The summed E-state index contributed by atoms with van der Waals surface area (Å²) in [4.78, 5) is 14.2. The van der Waals surface area contributed by atoms with E-state index in [4.69, 9.17) is 14.2 Å². The molecule has 3 fully saturated rings. The van der Waals surface area contributed by atoms with Crippen LogP contribution >= 0.6 is 0 Å². The highest BCUT2D eigenvalue weighted by Crippen LogP contribution is 2.64. The van der Waals surface area contributed by atoms with Crippen LogP contribution in [-0.4, -0.2) is 66.3 Å². The number of aliphatic hydroxyl groups is 2. The summed E-state index contributed by atoms with van der Waals surface area (Å²) < 4.78 is 17.4. The molecular weight excluding hydrogens is 372 g/mol. The lowest BCUT2D eigenvalue weighted by Gasteiger charge is -2.67. The molecule has 0 radical (unpaired) electrons.